The summed E-state index contributed by atoms with van der Waals surface area (Å²) in [4.78, 5) is 0. The molecule has 0 saturated heterocycles. The summed E-state index contributed by atoms with van der Waals surface area (Å²) in [7, 11) is 0. The smallest absolute Gasteiger partial charge is 0.123 e. The van der Waals surface area contributed by atoms with E-state index in [1.54, 1.807) is 12.1 Å². The molecule has 2 rings (SSSR count). The van der Waals surface area contributed by atoms with E-state index in [4.69, 9.17) is 0 Å². The van der Waals surface area contributed by atoms with Crippen molar-refractivity contribution >= 4 is 0 Å². The highest BCUT2D eigenvalue weighted by molar-refractivity contribution is 5.31. The zero-order chi connectivity index (χ0) is 15.6. The molecule has 1 aromatic rings. The summed E-state index contributed by atoms with van der Waals surface area (Å²) >= 11 is 0. The van der Waals surface area contributed by atoms with Crippen LogP contribution in [0.5, 0.6) is 0 Å². The van der Waals surface area contributed by atoms with Crippen molar-refractivity contribution in [3.05, 3.63) is 35.1 Å². The third kappa shape index (κ3) is 4.54. The van der Waals surface area contributed by atoms with Gasteiger partial charge in [0.1, 0.15) is 5.82 Å². The molecule has 0 bridgehead atoms. The molecule has 1 saturated carbocycles. The van der Waals surface area contributed by atoms with Gasteiger partial charge in [-0.2, -0.15) is 0 Å². The molecule has 1 aliphatic carbocycles. The summed E-state index contributed by atoms with van der Waals surface area (Å²) < 4.78 is 13.7. The number of hydrogen-bond donors (Lipinski definition) is 1. The van der Waals surface area contributed by atoms with E-state index in [9.17, 15) is 4.39 Å². The highest BCUT2D eigenvalue weighted by Crippen LogP contribution is 2.41. The fourth-order valence-corrected chi connectivity index (χ4v) is 3.52. The molecule has 1 nitrogen and oxygen atoms in total. The molecule has 3 unspecified atom stereocenters. The molecule has 2 heteroatoms. The lowest BCUT2D eigenvalue weighted by molar-refractivity contribution is 0.226. The summed E-state index contributed by atoms with van der Waals surface area (Å²) in [5.41, 5.74) is 2.60. The van der Waals surface area contributed by atoms with Crippen molar-refractivity contribution in [2.75, 3.05) is 6.54 Å². The van der Waals surface area contributed by atoms with E-state index in [0.717, 1.165) is 12.5 Å². The molecule has 0 spiro atoms. The molecule has 0 aromatic heterocycles. The SMILES string of the molecule is Cc1ccc(F)cc1C1CC(C)CCC1CNC(C)(C)C. The summed E-state index contributed by atoms with van der Waals surface area (Å²) in [5, 5.41) is 3.65. The van der Waals surface area contributed by atoms with Crippen LogP contribution < -0.4 is 5.32 Å². The first-order valence-electron chi connectivity index (χ1n) is 8.27. The van der Waals surface area contributed by atoms with E-state index in [1.165, 1.54) is 30.4 Å². The normalized spacial score (nSPS) is 26.9. The van der Waals surface area contributed by atoms with Gasteiger partial charge in [-0.1, -0.05) is 19.4 Å². The number of halogens is 1. The zero-order valence-electron chi connectivity index (χ0n) is 14.2. The number of hydrogen-bond acceptors (Lipinski definition) is 1. The first-order valence-corrected chi connectivity index (χ1v) is 8.27. The Labute approximate surface area is 129 Å². The van der Waals surface area contributed by atoms with Gasteiger partial charge in [0.25, 0.3) is 0 Å². The van der Waals surface area contributed by atoms with Gasteiger partial charge in [0.2, 0.25) is 0 Å². The van der Waals surface area contributed by atoms with Gasteiger partial charge in [-0.3, -0.25) is 0 Å². The summed E-state index contributed by atoms with van der Waals surface area (Å²) in [6.45, 7) is 12.1. The van der Waals surface area contributed by atoms with Crippen molar-refractivity contribution in [3.8, 4) is 0 Å². The Bertz CT molecular complexity index is 475. The van der Waals surface area contributed by atoms with Crippen molar-refractivity contribution in [2.24, 2.45) is 11.8 Å². The first-order chi connectivity index (χ1) is 9.76. The highest BCUT2D eigenvalue weighted by Gasteiger charge is 2.31. The minimum absolute atomic E-state index is 0.101. The minimum Gasteiger partial charge on any atom is -0.312 e. The van der Waals surface area contributed by atoms with Crippen molar-refractivity contribution < 1.29 is 4.39 Å². The monoisotopic (exact) mass is 291 g/mol. The molecule has 0 heterocycles. The Morgan fingerprint density at radius 3 is 2.62 bits per heavy atom. The van der Waals surface area contributed by atoms with E-state index in [2.05, 4.69) is 39.9 Å². The van der Waals surface area contributed by atoms with Crippen LogP contribution in [0.2, 0.25) is 0 Å². The Balaban J connectivity index is 2.20. The molecular weight excluding hydrogens is 261 g/mol. The fraction of sp³-hybridized carbons (Fsp3) is 0.684. The molecule has 1 aliphatic rings. The van der Waals surface area contributed by atoms with Crippen LogP contribution in [0.1, 0.15) is 64.0 Å². The molecule has 0 aliphatic heterocycles. The molecule has 118 valence electrons. The summed E-state index contributed by atoms with van der Waals surface area (Å²) in [6.07, 6.45) is 3.72. The topological polar surface area (TPSA) is 12.0 Å². The number of rotatable bonds is 3. The molecule has 0 radical (unpaired) electrons. The number of nitrogens with one attached hydrogen (secondary N) is 1. The lowest BCUT2D eigenvalue weighted by Crippen LogP contribution is -2.41. The Morgan fingerprint density at radius 2 is 1.95 bits per heavy atom. The second-order valence-electron chi connectivity index (χ2n) is 7.92. The quantitative estimate of drug-likeness (QED) is 0.822. The second kappa shape index (κ2) is 6.48. The average Bonchev–Trinajstić information content (AvgIpc) is 2.39. The van der Waals surface area contributed by atoms with Crippen LogP contribution in [0.3, 0.4) is 0 Å². The Morgan fingerprint density at radius 1 is 1.24 bits per heavy atom. The van der Waals surface area contributed by atoms with Crippen LogP contribution in [0.4, 0.5) is 4.39 Å². The fourth-order valence-electron chi connectivity index (χ4n) is 3.52. The van der Waals surface area contributed by atoms with Crippen LogP contribution in [0.25, 0.3) is 0 Å². The molecule has 0 amide bonds. The minimum atomic E-state index is -0.101. The van der Waals surface area contributed by atoms with Crippen molar-refractivity contribution in [1.82, 2.24) is 5.32 Å². The largest absolute Gasteiger partial charge is 0.312 e. The molecule has 3 atom stereocenters. The highest BCUT2D eigenvalue weighted by atomic mass is 19.1. The van der Waals surface area contributed by atoms with Gasteiger partial charge in [0.05, 0.1) is 0 Å². The molecule has 1 aromatic carbocycles. The second-order valence-corrected chi connectivity index (χ2v) is 7.92. The van der Waals surface area contributed by atoms with Gasteiger partial charge in [0.15, 0.2) is 0 Å². The maximum absolute atomic E-state index is 13.7. The van der Waals surface area contributed by atoms with Crippen LogP contribution in [0.15, 0.2) is 18.2 Å². The predicted molar refractivity (Wildman–Crippen MR) is 88.1 cm³/mol. The van der Waals surface area contributed by atoms with Crippen molar-refractivity contribution in [3.63, 3.8) is 0 Å². The number of benzene rings is 1. The van der Waals surface area contributed by atoms with Crippen LogP contribution in [0, 0.1) is 24.6 Å². The van der Waals surface area contributed by atoms with E-state index < -0.39 is 0 Å². The van der Waals surface area contributed by atoms with E-state index in [-0.39, 0.29) is 11.4 Å². The first kappa shape index (κ1) is 16.5. The van der Waals surface area contributed by atoms with Gasteiger partial charge >= 0.3 is 0 Å². The summed E-state index contributed by atoms with van der Waals surface area (Å²) in [6, 6.07) is 5.27. The Hall–Kier alpha value is -0.890. The van der Waals surface area contributed by atoms with Gasteiger partial charge in [-0.05, 0) is 88.1 Å². The predicted octanol–water partition coefficient (Wildman–Crippen LogP) is 5.04. The zero-order valence-corrected chi connectivity index (χ0v) is 14.2. The van der Waals surface area contributed by atoms with Crippen LogP contribution >= 0.6 is 0 Å². The van der Waals surface area contributed by atoms with Crippen LogP contribution in [-0.2, 0) is 0 Å². The third-order valence-electron chi connectivity index (χ3n) is 4.79. The van der Waals surface area contributed by atoms with Gasteiger partial charge < -0.3 is 5.32 Å². The Kier molecular flexibility index (Phi) is 5.08. The van der Waals surface area contributed by atoms with Gasteiger partial charge in [-0.15, -0.1) is 0 Å². The number of aryl methyl sites for hydroxylation is 1. The van der Waals surface area contributed by atoms with Crippen molar-refractivity contribution in [2.45, 2.75) is 65.3 Å². The summed E-state index contributed by atoms with van der Waals surface area (Å²) in [5.74, 6) is 1.74. The van der Waals surface area contributed by atoms with Crippen LogP contribution in [-0.4, -0.2) is 12.1 Å². The maximum atomic E-state index is 13.7. The van der Waals surface area contributed by atoms with Crippen molar-refractivity contribution in [1.29, 1.82) is 0 Å². The molecule has 21 heavy (non-hydrogen) atoms. The standard InChI is InChI=1S/C19H30FN/c1-13-6-8-15(12-21-19(3,4)5)18(10-13)17-11-16(20)9-7-14(17)2/h7,9,11,13,15,18,21H,6,8,10,12H2,1-5H3. The lowest BCUT2D eigenvalue weighted by atomic mass is 9.70. The molecule has 1 fully saturated rings. The van der Waals surface area contributed by atoms with E-state index in [0.29, 0.717) is 11.8 Å². The lowest BCUT2D eigenvalue weighted by Gasteiger charge is -2.37. The van der Waals surface area contributed by atoms with Gasteiger partial charge in [-0.25, -0.2) is 4.39 Å². The molecular formula is C19H30FN. The van der Waals surface area contributed by atoms with Gasteiger partial charge in [0, 0.05) is 5.54 Å². The van der Waals surface area contributed by atoms with E-state index >= 15 is 0 Å². The molecule has 1 N–H and O–H groups in total. The average molecular weight is 291 g/mol. The third-order valence-corrected chi connectivity index (χ3v) is 4.79. The maximum Gasteiger partial charge on any atom is 0.123 e. The van der Waals surface area contributed by atoms with E-state index in [1.807, 2.05) is 6.07 Å².